The molecule has 0 radical (unpaired) electrons. The van der Waals surface area contributed by atoms with Crippen molar-refractivity contribution in [3.05, 3.63) is 35.4 Å². The Kier molecular flexibility index (Phi) is 18.0. The molecule has 3 aliphatic rings. The third kappa shape index (κ3) is 13.5. The standard InChI is InChI=1S/C42H66N10O8/c1-42(2,3)38(50-37(57)22-45-5)41(60)52-24-28(20-33(52)39(58)49-31-14-8-12-26-11-6-7-13-30(26)31)47-35(55)17-9-16-34(54)46-18-10-15-32(48-36(56)21-44-4)40(59)51-23-27(43)19-29(51)25-53/h6-7,11,13,25,27-29,31-33,38,44-45H,8-10,12,14-24,43H2,1-5H3,(H,46,54)(H,47,55)(H,48,56)(H,49,58)(H,50,57). The van der Waals surface area contributed by atoms with Crippen molar-refractivity contribution in [3.8, 4) is 0 Å². The monoisotopic (exact) mass is 839 g/mol. The highest BCUT2D eigenvalue weighted by molar-refractivity contribution is 5.94. The van der Waals surface area contributed by atoms with Crippen LogP contribution in [0.25, 0.3) is 0 Å². The lowest BCUT2D eigenvalue weighted by Crippen LogP contribution is -2.58. The lowest BCUT2D eigenvalue weighted by molar-refractivity contribution is -0.144. The van der Waals surface area contributed by atoms with Crippen LogP contribution < -0.4 is 43.0 Å². The van der Waals surface area contributed by atoms with Crippen molar-refractivity contribution in [1.29, 1.82) is 0 Å². The van der Waals surface area contributed by atoms with Crippen LogP contribution in [0, 0.1) is 5.41 Å². The molecule has 2 heterocycles. The quantitative estimate of drug-likeness (QED) is 0.0579. The van der Waals surface area contributed by atoms with Gasteiger partial charge in [0.1, 0.15) is 24.4 Å². The SMILES string of the molecule is CNCC(=O)NC(CCCNC(=O)CCCC(=O)NC1CC(C(=O)NC2CCCc3ccccc32)N(C(=O)C(NC(=O)CNC)C(C)(C)C)C1)C(=O)N1CC(N)CC1C=O. The van der Waals surface area contributed by atoms with Crippen LogP contribution in [0.2, 0.25) is 0 Å². The van der Waals surface area contributed by atoms with Crippen LogP contribution in [0.15, 0.2) is 24.3 Å². The average molecular weight is 839 g/mol. The van der Waals surface area contributed by atoms with Crippen molar-refractivity contribution in [1.82, 2.24) is 47.0 Å². The molecule has 0 spiro atoms. The number of hydrogen-bond donors (Lipinski definition) is 8. The second kappa shape index (κ2) is 22.6. The molecule has 7 amide bonds. The van der Waals surface area contributed by atoms with Crippen LogP contribution in [-0.4, -0.2) is 141 Å². The lowest BCUT2D eigenvalue weighted by Gasteiger charge is -2.36. The van der Waals surface area contributed by atoms with Gasteiger partial charge < -0.3 is 57.5 Å². The molecule has 18 heteroatoms. The van der Waals surface area contributed by atoms with Crippen molar-refractivity contribution < 1.29 is 38.4 Å². The Hall–Kier alpha value is -4.94. The molecular formula is C42H66N10O8. The molecular weight excluding hydrogens is 773 g/mol. The molecule has 0 saturated carbocycles. The molecule has 1 aromatic rings. The van der Waals surface area contributed by atoms with Gasteiger partial charge in [-0.15, -0.1) is 0 Å². The zero-order chi connectivity index (χ0) is 44.0. The topological polar surface area (TPSA) is 253 Å². The Labute approximate surface area is 353 Å². The van der Waals surface area contributed by atoms with E-state index < -0.39 is 47.4 Å². The van der Waals surface area contributed by atoms with E-state index in [-0.39, 0.29) is 106 Å². The third-order valence-electron chi connectivity index (χ3n) is 11.3. The van der Waals surface area contributed by atoms with Crippen LogP contribution in [0.4, 0.5) is 0 Å². The molecule has 4 rings (SSSR count). The summed E-state index contributed by atoms with van der Waals surface area (Å²) in [7, 11) is 3.24. The van der Waals surface area contributed by atoms with E-state index >= 15 is 0 Å². The molecule has 2 saturated heterocycles. The minimum atomic E-state index is -0.931. The summed E-state index contributed by atoms with van der Waals surface area (Å²) < 4.78 is 0. The first-order chi connectivity index (χ1) is 28.6. The number of amides is 7. The van der Waals surface area contributed by atoms with Crippen molar-refractivity contribution >= 4 is 47.6 Å². The molecule has 2 aliphatic heterocycles. The number of hydrogen-bond acceptors (Lipinski definition) is 11. The fourth-order valence-electron chi connectivity index (χ4n) is 8.27. The Morgan fingerprint density at radius 2 is 1.52 bits per heavy atom. The number of carbonyl (C=O) groups excluding carboxylic acids is 8. The van der Waals surface area contributed by atoms with E-state index in [1.54, 1.807) is 14.1 Å². The van der Waals surface area contributed by atoms with Gasteiger partial charge in [0.15, 0.2) is 0 Å². The van der Waals surface area contributed by atoms with Crippen molar-refractivity contribution in [2.75, 3.05) is 46.8 Å². The summed E-state index contributed by atoms with van der Waals surface area (Å²) in [5.74, 6) is -2.49. The van der Waals surface area contributed by atoms with E-state index in [4.69, 9.17) is 5.73 Å². The second-order valence-corrected chi connectivity index (χ2v) is 17.2. The van der Waals surface area contributed by atoms with Crippen LogP contribution in [-0.2, 0) is 44.8 Å². The van der Waals surface area contributed by atoms with E-state index in [0.717, 1.165) is 24.8 Å². The number of nitrogens with two attached hydrogens (primary N) is 1. The van der Waals surface area contributed by atoms with Crippen molar-refractivity contribution in [3.63, 3.8) is 0 Å². The highest BCUT2D eigenvalue weighted by atomic mass is 16.2. The molecule has 60 heavy (non-hydrogen) atoms. The summed E-state index contributed by atoms with van der Waals surface area (Å²) in [6.45, 7) is 6.04. The zero-order valence-electron chi connectivity index (χ0n) is 35.8. The number of likely N-dealkylation sites (N-methyl/N-ethyl adjacent to an activating group) is 2. The van der Waals surface area contributed by atoms with Crippen molar-refractivity contribution in [2.24, 2.45) is 11.1 Å². The molecule has 7 unspecified atom stereocenters. The highest BCUT2D eigenvalue weighted by Crippen LogP contribution is 2.31. The smallest absolute Gasteiger partial charge is 0.246 e. The van der Waals surface area contributed by atoms with Crippen LogP contribution >= 0.6 is 0 Å². The maximum atomic E-state index is 14.3. The number of aryl methyl sites for hydroxylation is 1. The second-order valence-electron chi connectivity index (χ2n) is 17.2. The van der Waals surface area contributed by atoms with Gasteiger partial charge in [0.25, 0.3) is 0 Å². The fraction of sp³-hybridized carbons (Fsp3) is 0.667. The first-order valence-corrected chi connectivity index (χ1v) is 21.2. The Morgan fingerprint density at radius 1 is 0.833 bits per heavy atom. The van der Waals surface area contributed by atoms with E-state index in [2.05, 4.69) is 43.3 Å². The van der Waals surface area contributed by atoms with Gasteiger partial charge in [-0.25, -0.2) is 0 Å². The van der Waals surface area contributed by atoms with E-state index in [1.165, 1.54) is 15.4 Å². The first-order valence-electron chi connectivity index (χ1n) is 21.2. The molecule has 1 aliphatic carbocycles. The predicted molar refractivity (Wildman–Crippen MR) is 224 cm³/mol. The van der Waals surface area contributed by atoms with Crippen LogP contribution in [0.5, 0.6) is 0 Å². The van der Waals surface area contributed by atoms with E-state index in [0.29, 0.717) is 19.1 Å². The van der Waals surface area contributed by atoms with Crippen LogP contribution in [0.1, 0.15) is 95.7 Å². The van der Waals surface area contributed by atoms with Gasteiger partial charge in [-0.3, -0.25) is 33.6 Å². The Balaban J connectivity index is 1.31. The van der Waals surface area contributed by atoms with Gasteiger partial charge in [-0.2, -0.15) is 0 Å². The summed E-state index contributed by atoms with van der Waals surface area (Å²) in [6.07, 6.45) is 4.73. The molecule has 18 nitrogen and oxygen atoms in total. The molecule has 332 valence electrons. The van der Waals surface area contributed by atoms with Gasteiger partial charge in [0.05, 0.1) is 25.2 Å². The average Bonchev–Trinajstić information content (AvgIpc) is 3.80. The number of nitrogens with one attached hydrogen (secondary N) is 7. The number of aldehydes is 1. The molecule has 9 N–H and O–H groups in total. The van der Waals surface area contributed by atoms with E-state index in [1.807, 2.05) is 39.0 Å². The largest absolute Gasteiger partial charge is 0.356 e. The Morgan fingerprint density at radius 3 is 2.20 bits per heavy atom. The van der Waals surface area contributed by atoms with Gasteiger partial charge in [-0.05, 0) is 82.0 Å². The van der Waals surface area contributed by atoms with Gasteiger partial charge in [0, 0.05) is 44.6 Å². The van der Waals surface area contributed by atoms with Crippen molar-refractivity contribution in [2.45, 2.75) is 127 Å². The fourth-order valence-corrected chi connectivity index (χ4v) is 8.27. The van der Waals surface area contributed by atoms with Gasteiger partial charge in [0.2, 0.25) is 41.4 Å². The minimum Gasteiger partial charge on any atom is -0.356 e. The summed E-state index contributed by atoms with van der Waals surface area (Å²) >= 11 is 0. The highest BCUT2D eigenvalue weighted by Gasteiger charge is 2.46. The lowest BCUT2D eigenvalue weighted by atomic mass is 9.85. The first kappa shape index (κ1) is 47.7. The molecule has 0 aromatic heterocycles. The summed E-state index contributed by atoms with van der Waals surface area (Å²) in [5.41, 5.74) is 7.53. The Bertz CT molecular complexity index is 1700. The number of fused-ring (bicyclic) bond motifs is 1. The maximum Gasteiger partial charge on any atom is 0.246 e. The number of benzene rings is 1. The number of rotatable bonds is 20. The predicted octanol–water partition coefficient (Wildman–Crippen LogP) is -1.09. The van der Waals surface area contributed by atoms with Crippen LogP contribution in [0.3, 0.4) is 0 Å². The number of likely N-dealkylation sites (tertiary alicyclic amines) is 2. The molecule has 7 atom stereocenters. The summed E-state index contributed by atoms with van der Waals surface area (Å²) in [4.78, 5) is 107. The molecule has 2 fully saturated rings. The normalized spacial score (nSPS) is 22.2. The van der Waals surface area contributed by atoms with E-state index in [9.17, 15) is 38.4 Å². The molecule has 0 bridgehead atoms. The zero-order valence-corrected chi connectivity index (χ0v) is 35.8. The molecule has 1 aromatic carbocycles. The summed E-state index contributed by atoms with van der Waals surface area (Å²) in [6, 6.07) is 3.53. The summed E-state index contributed by atoms with van der Waals surface area (Å²) in [5, 5.41) is 20.0. The van der Waals surface area contributed by atoms with Gasteiger partial charge >= 0.3 is 0 Å². The van der Waals surface area contributed by atoms with Gasteiger partial charge in [-0.1, -0.05) is 45.0 Å². The number of carbonyl (C=O) groups is 8. The minimum absolute atomic E-state index is 0.00214. The third-order valence-corrected chi connectivity index (χ3v) is 11.3. The maximum absolute atomic E-state index is 14.3. The number of nitrogens with zero attached hydrogens (tertiary/aromatic N) is 2.